The van der Waals surface area contributed by atoms with Crippen molar-refractivity contribution in [2.45, 2.75) is 19.5 Å². The number of hydrogen-bond acceptors (Lipinski definition) is 7. The zero-order chi connectivity index (χ0) is 19.9. The van der Waals surface area contributed by atoms with E-state index in [0.717, 1.165) is 5.56 Å². The van der Waals surface area contributed by atoms with Crippen LogP contribution in [0.15, 0.2) is 41.5 Å². The third-order valence-electron chi connectivity index (χ3n) is 3.90. The van der Waals surface area contributed by atoms with Crippen molar-refractivity contribution in [2.75, 3.05) is 17.2 Å². The number of aromatic nitrogens is 4. The van der Waals surface area contributed by atoms with E-state index in [2.05, 4.69) is 30.6 Å². The van der Waals surface area contributed by atoms with Gasteiger partial charge in [0.05, 0.1) is 15.7 Å². The van der Waals surface area contributed by atoms with Crippen LogP contribution in [0.3, 0.4) is 0 Å². The lowest BCUT2D eigenvalue weighted by molar-refractivity contribution is 0.878. The molecule has 28 heavy (non-hydrogen) atoms. The van der Waals surface area contributed by atoms with Crippen LogP contribution in [-0.2, 0) is 19.5 Å². The Morgan fingerprint density at radius 1 is 1.11 bits per heavy atom. The number of aromatic amines is 1. The van der Waals surface area contributed by atoms with Gasteiger partial charge in [0.25, 0.3) is 5.56 Å². The first kappa shape index (κ1) is 20.1. The first-order valence-electron chi connectivity index (χ1n) is 8.57. The highest BCUT2D eigenvalue weighted by molar-refractivity contribution is 6.42. The number of hydrogen-bond donors (Lipinski definition) is 4. The normalized spacial score (nSPS) is 10.7. The van der Waals surface area contributed by atoms with Crippen molar-refractivity contribution in [2.24, 2.45) is 5.73 Å². The van der Waals surface area contributed by atoms with Gasteiger partial charge in [-0.15, -0.1) is 0 Å². The maximum atomic E-state index is 12.4. The Hall–Kier alpha value is -2.68. The van der Waals surface area contributed by atoms with E-state index in [4.69, 9.17) is 28.9 Å². The molecule has 0 bridgehead atoms. The summed E-state index contributed by atoms with van der Waals surface area (Å²) in [4.78, 5) is 27.8. The van der Waals surface area contributed by atoms with Crippen molar-refractivity contribution in [3.05, 3.63) is 74.1 Å². The fourth-order valence-electron chi connectivity index (χ4n) is 2.53. The zero-order valence-electron chi connectivity index (χ0n) is 14.9. The minimum Gasteiger partial charge on any atom is -0.379 e. The Bertz CT molecular complexity index is 995. The molecule has 0 radical (unpaired) electrons. The molecule has 0 aliphatic heterocycles. The van der Waals surface area contributed by atoms with E-state index in [1.807, 2.05) is 6.07 Å². The molecule has 0 fully saturated rings. The van der Waals surface area contributed by atoms with Gasteiger partial charge in [-0.05, 0) is 23.8 Å². The smallest absolute Gasteiger partial charge is 0.275 e. The number of nitrogens with one attached hydrogen (secondary N) is 3. The summed E-state index contributed by atoms with van der Waals surface area (Å²) in [6.07, 6.45) is 3.92. The van der Waals surface area contributed by atoms with E-state index in [9.17, 15) is 4.79 Å². The number of benzene rings is 1. The molecule has 8 nitrogen and oxygen atoms in total. The second kappa shape index (κ2) is 9.50. The number of halogens is 2. The lowest BCUT2D eigenvalue weighted by Crippen LogP contribution is -2.23. The summed E-state index contributed by atoms with van der Waals surface area (Å²) in [5.41, 5.74) is 7.18. The first-order chi connectivity index (χ1) is 13.6. The number of rotatable bonds is 8. The molecular formula is C18H19Cl2N7O. The average Bonchev–Trinajstić information content (AvgIpc) is 2.70. The molecule has 0 saturated carbocycles. The third kappa shape index (κ3) is 5.19. The fourth-order valence-corrected chi connectivity index (χ4v) is 2.85. The predicted octanol–water partition coefficient (Wildman–Crippen LogP) is 2.59. The van der Waals surface area contributed by atoms with E-state index in [1.54, 1.807) is 30.6 Å². The summed E-state index contributed by atoms with van der Waals surface area (Å²) in [7, 11) is 0. The standard InChI is InChI=1S/C18H19Cl2N7O/c19-12-3-2-11(8-13(12)20)10-25-18-26-14(9-21)16(17(28)27-18)24-7-4-15-22-5-1-6-23-15/h1-3,5-6,8,24H,4,7,9-10,21H2,(H2,25,26,27,28). The van der Waals surface area contributed by atoms with Gasteiger partial charge in [0.1, 0.15) is 11.5 Å². The highest BCUT2D eigenvalue weighted by atomic mass is 35.5. The second-order valence-electron chi connectivity index (χ2n) is 5.88. The minimum absolute atomic E-state index is 0.121. The van der Waals surface area contributed by atoms with Crippen molar-refractivity contribution in [1.82, 2.24) is 19.9 Å². The van der Waals surface area contributed by atoms with Crippen LogP contribution in [0.25, 0.3) is 0 Å². The van der Waals surface area contributed by atoms with E-state index < -0.39 is 0 Å². The van der Waals surface area contributed by atoms with Crippen LogP contribution in [0, 0.1) is 0 Å². The van der Waals surface area contributed by atoms with Crippen LogP contribution >= 0.6 is 23.2 Å². The van der Waals surface area contributed by atoms with E-state index in [0.29, 0.717) is 52.7 Å². The van der Waals surface area contributed by atoms with Crippen molar-refractivity contribution < 1.29 is 0 Å². The molecule has 0 spiro atoms. The van der Waals surface area contributed by atoms with Gasteiger partial charge in [-0.2, -0.15) is 0 Å². The average molecular weight is 420 g/mol. The summed E-state index contributed by atoms with van der Waals surface area (Å²) in [6, 6.07) is 7.05. The molecule has 2 heterocycles. The Morgan fingerprint density at radius 3 is 2.61 bits per heavy atom. The summed E-state index contributed by atoms with van der Waals surface area (Å²) >= 11 is 11.9. The Kier molecular flexibility index (Phi) is 6.80. The zero-order valence-corrected chi connectivity index (χ0v) is 16.4. The molecule has 1 aromatic carbocycles. The highest BCUT2D eigenvalue weighted by Gasteiger charge is 2.11. The molecule has 146 valence electrons. The summed E-state index contributed by atoms with van der Waals surface area (Å²) in [5, 5.41) is 7.08. The molecule has 0 aliphatic rings. The highest BCUT2D eigenvalue weighted by Crippen LogP contribution is 2.22. The van der Waals surface area contributed by atoms with Crippen molar-refractivity contribution in [3.8, 4) is 0 Å². The summed E-state index contributed by atoms with van der Waals surface area (Å²) < 4.78 is 0. The Morgan fingerprint density at radius 2 is 1.89 bits per heavy atom. The molecule has 10 heteroatoms. The molecule has 3 aromatic rings. The first-order valence-corrected chi connectivity index (χ1v) is 9.33. The Balaban J connectivity index is 1.66. The third-order valence-corrected chi connectivity index (χ3v) is 4.64. The molecule has 0 aliphatic carbocycles. The molecule has 0 amide bonds. The largest absolute Gasteiger partial charge is 0.379 e. The van der Waals surface area contributed by atoms with Gasteiger partial charge in [0.2, 0.25) is 5.95 Å². The van der Waals surface area contributed by atoms with Crippen molar-refractivity contribution >= 4 is 34.8 Å². The molecule has 5 N–H and O–H groups in total. The molecule has 0 atom stereocenters. The van der Waals surface area contributed by atoms with Crippen molar-refractivity contribution in [1.29, 1.82) is 0 Å². The number of nitrogens with two attached hydrogens (primary N) is 1. The van der Waals surface area contributed by atoms with E-state index in [-0.39, 0.29) is 12.1 Å². The van der Waals surface area contributed by atoms with Crippen LogP contribution in [0.1, 0.15) is 17.1 Å². The van der Waals surface area contributed by atoms with E-state index in [1.165, 1.54) is 0 Å². The fraction of sp³-hybridized carbons (Fsp3) is 0.222. The number of H-pyrrole nitrogens is 1. The van der Waals surface area contributed by atoms with Gasteiger partial charge >= 0.3 is 0 Å². The van der Waals surface area contributed by atoms with Gasteiger partial charge in [0.15, 0.2) is 0 Å². The molecule has 0 saturated heterocycles. The van der Waals surface area contributed by atoms with E-state index >= 15 is 0 Å². The second-order valence-corrected chi connectivity index (χ2v) is 6.70. The van der Waals surface area contributed by atoms with Crippen molar-refractivity contribution in [3.63, 3.8) is 0 Å². The van der Waals surface area contributed by atoms with Crippen LogP contribution in [0.2, 0.25) is 10.0 Å². The topological polar surface area (TPSA) is 122 Å². The monoisotopic (exact) mass is 419 g/mol. The SMILES string of the molecule is NCc1nc(NCc2ccc(Cl)c(Cl)c2)[nH]c(=O)c1NCCc1ncccn1. The number of nitrogens with zero attached hydrogens (tertiary/aromatic N) is 3. The van der Waals surface area contributed by atoms with Gasteiger partial charge < -0.3 is 16.4 Å². The van der Waals surface area contributed by atoms with Gasteiger partial charge in [-0.3, -0.25) is 9.78 Å². The predicted molar refractivity (Wildman–Crippen MR) is 111 cm³/mol. The number of anilines is 2. The van der Waals surface area contributed by atoms with Crippen LogP contribution in [0.5, 0.6) is 0 Å². The van der Waals surface area contributed by atoms with Gasteiger partial charge in [-0.1, -0.05) is 29.3 Å². The van der Waals surface area contributed by atoms with Gasteiger partial charge in [-0.25, -0.2) is 15.0 Å². The molecule has 0 unspecified atom stereocenters. The van der Waals surface area contributed by atoms with Crippen LogP contribution in [0.4, 0.5) is 11.6 Å². The maximum absolute atomic E-state index is 12.4. The minimum atomic E-state index is -0.305. The quantitative estimate of drug-likeness (QED) is 0.442. The maximum Gasteiger partial charge on any atom is 0.275 e. The molecular weight excluding hydrogens is 401 g/mol. The van der Waals surface area contributed by atoms with Crippen LogP contribution < -0.4 is 21.9 Å². The van der Waals surface area contributed by atoms with Crippen LogP contribution in [-0.4, -0.2) is 26.5 Å². The van der Waals surface area contributed by atoms with Gasteiger partial charge in [0, 0.05) is 38.4 Å². The summed E-state index contributed by atoms with van der Waals surface area (Å²) in [5.74, 6) is 1.02. The molecule has 2 aromatic heterocycles. The lowest BCUT2D eigenvalue weighted by Gasteiger charge is -2.12. The Labute approximate surface area is 171 Å². The molecule has 3 rings (SSSR count). The summed E-state index contributed by atoms with van der Waals surface area (Å²) in [6.45, 7) is 1.02. The lowest BCUT2D eigenvalue weighted by atomic mass is 10.2.